The number of aromatic nitrogens is 3. The van der Waals surface area contributed by atoms with Gasteiger partial charge in [0.15, 0.2) is 12.4 Å². The summed E-state index contributed by atoms with van der Waals surface area (Å²) in [6.45, 7) is 2.83. The van der Waals surface area contributed by atoms with E-state index in [1.54, 1.807) is 12.1 Å². The van der Waals surface area contributed by atoms with E-state index in [0.29, 0.717) is 29.8 Å². The molecule has 3 rings (SSSR count). The Balaban J connectivity index is 1.82. The molecule has 18 heavy (non-hydrogen) atoms. The zero-order valence-electron chi connectivity index (χ0n) is 9.65. The molecule has 0 atom stereocenters. The summed E-state index contributed by atoms with van der Waals surface area (Å²) in [5.41, 5.74) is 0.731. The largest absolute Gasteiger partial charge is 0.619 e. The Hall–Kier alpha value is -2.15. The minimum atomic E-state index is 0.414. The van der Waals surface area contributed by atoms with E-state index < -0.39 is 0 Å². The van der Waals surface area contributed by atoms with Gasteiger partial charge in [-0.25, -0.2) is 0 Å². The maximum absolute atomic E-state index is 10.9. The smallest absolute Gasteiger partial charge is 0.318 e. The van der Waals surface area contributed by atoms with Gasteiger partial charge in [-0.1, -0.05) is 5.10 Å². The van der Waals surface area contributed by atoms with Gasteiger partial charge in [0, 0.05) is 25.2 Å². The van der Waals surface area contributed by atoms with Crippen molar-refractivity contribution in [2.45, 2.75) is 0 Å². The van der Waals surface area contributed by atoms with E-state index in [2.05, 4.69) is 10.2 Å². The number of hydrogen-bond acceptors (Lipinski definition) is 6. The van der Waals surface area contributed by atoms with Crippen LogP contribution in [0.15, 0.2) is 28.9 Å². The van der Waals surface area contributed by atoms with Crippen LogP contribution in [0.25, 0.3) is 11.5 Å². The summed E-state index contributed by atoms with van der Waals surface area (Å²) in [5, 5.41) is 18.9. The first-order valence-electron chi connectivity index (χ1n) is 5.68. The number of ether oxygens (including phenoxy) is 1. The van der Waals surface area contributed by atoms with Crippen LogP contribution < -0.4 is 9.63 Å². The molecular formula is C11H12N4O3. The number of pyridine rings is 1. The maximum Gasteiger partial charge on any atom is 0.318 e. The molecule has 3 heterocycles. The van der Waals surface area contributed by atoms with E-state index in [1.165, 1.54) is 12.4 Å². The molecule has 94 valence electrons. The van der Waals surface area contributed by atoms with Crippen LogP contribution in [0.5, 0.6) is 0 Å². The second kappa shape index (κ2) is 4.61. The van der Waals surface area contributed by atoms with Crippen LogP contribution in [0, 0.1) is 5.21 Å². The SMILES string of the molecule is [O-][n+]1ccc(-c2nnc(N3CCOCC3)o2)cc1. The van der Waals surface area contributed by atoms with E-state index in [1.807, 2.05) is 4.90 Å². The van der Waals surface area contributed by atoms with Crippen molar-refractivity contribution in [1.29, 1.82) is 0 Å². The van der Waals surface area contributed by atoms with Gasteiger partial charge in [-0.3, -0.25) is 0 Å². The third-order valence-corrected chi connectivity index (χ3v) is 2.74. The summed E-state index contributed by atoms with van der Waals surface area (Å²) < 4.78 is 11.6. The number of nitrogens with zero attached hydrogens (tertiary/aromatic N) is 4. The fourth-order valence-corrected chi connectivity index (χ4v) is 1.77. The Morgan fingerprint density at radius 2 is 1.89 bits per heavy atom. The van der Waals surface area contributed by atoms with Crippen molar-refractivity contribution < 1.29 is 13.9 Å². The normalized spacial score (nSPS) is 15.9. The predicted molar refractivity (Wildman–Crippen MR) is 61.7 cm³/mol. The van der Waals surface area contributed by atoms with Gasteiger partial charge < -0.3 is 19.3 Å². The van der Waals surface area contributed by atoms with E-state index in [0.717, 1.165) is 18.7 Å². The average molecular weight is 248 g/mol. The summed E-state index contributed by atoms with van der Waals surface area (Å²) in [7, 11) is 0. The van der Waals surface area contributed by atoms with E-state index in [-0.39, 0.29) is 0 Å². The molecule has 0 aromatic carbocycles. The molecule has 0 amide bonds. The highest BCUT2D eigenvalue weighted by Crippen LogP contribution is 2.21. The third kappa shape index (κ3) is 2.12. The van der Waals surface area contributed by atoms with Crippen molar-refractivity contribution >= 4 is 6.01 Å². The summed E-state index contributed by atoms with van der Waals surface area (Å²) in [6, 6.07) is 3.78. The number of rotatable bonds is 2. The van der Waals surface area contributed by atoms with Gasteiger partial charge in [0.05, 0.1) is 18.8 Å². The molecule has 0 bridgehead atoms. The molecule has 7 nitrogen and oxygen atoms in total. The van der Waals surface area contributed by atoms with E-state index >= 15 is 0 Å². The van der Waals surface area contributed by atoms with Crippen molar-refractivity contribution in [3.05, 3.63) is 29.7 Å². The highest BCUT2D eigenvalue weighted by atomic mass is 16.5. The highest BCUT2D eigenvalue weighted by Gasteiger charge is 2.18. The topological polar surface area (TPSA) is 78.3 Å². The predicted octanol–water partition coefficient (Wildman–Crippen LogP) is 0.207. The van der Waals surface area contributed by atoms with Crippen LogP contribution in [0.4, 0.5) is 6.01 Å². The van der Waals surface area contributed by atoms with Crippen molar-refractivity contribution in [2.75, 3.05) is 31.2 Å². The zero-order valence-corrected chi connectivity index (χ0v) is 9.65. The quantitative estimate of drug-likeness (QED) is 0.558. The summed E-state index contributed by atoms with van der Waals surface area (Å²) in [6.07, 6.45) is 2.79. The Morgan fingerprint density at radius 1 is 1.17 bits per heavy atom. The lowest BCUT2D eigenvalue weighted by Gasteiger charge is -2.24. The van der Waals surface area contributed by atoms with Crippen LogP contribution in [0.3, 0.4) is 0 Å². The van der Waals surface area contributed by atoms with Crippen molar-refractivity contribution in [3.63, 3.8) is 0 Å². The monoisotopic (exact) mass is 248 g/mol. The van der Waals surface area contributed by atoms with Gasteiger partial charge in [-0.05, 0) is 0 Å². The van der Waals surface area contributed by atoms with Gasteiger partial charge in [0.1, 0.15) is 0 Å². The fourth-order valence-electron chi connectivity index (χ4n) is 1.77. The summed E-state index contributed by atoms with van der Waals surface area (Å²) in [4.78, 5) is 1.98. The first-order valence-corrected chi connectivity index (χ1v) is 5.68. The van der Waals surface area contributed by atoms with Crippen molar-refractivity contribution in [3.8, 4) is 11.5 Å². The molecule has 0 saturated carbocycles. The van der Waals surface area contributed by atoms with Crippen LogP contribution in [0.2, 0.25) is 0 Å². The van der Waals surface area contributed by atoms with Gasteiger partial charge >= 0.3 is 6.01 Å². The number of hydrogen-bond donors (Lipinski definition) is 0. The lowest BCUT2D eigenvalue weighted by atomic mass is 10.3. The van der Waals surface area contributed by atoms with E-state index in [9.17, 15) is 5.21 Å². The molecule has 0 N–H and O–H groups in total. The molecule has 2 aromatic heterocycles. The average Bonchev–Trinajstić information content (AvgIpc) is 2.90. The highest BCUT2D eigenvalue weighted by molar-refractivity contribution is 5.51. The Morgan fingerprint density at radius 3 is 2.61 bits per heavy atom. The lowest BCUT2D eigenvalue weighted by molar-refractivity contribution is -0.605. The molecular weight excluding hydrogens is 236 g/mol. The molecule has 1 saturated heterocycles. The van der Waals surface area contributed by atoms with Crippen LogP contribution in [-0.4, -0.2) is 36.5 Å². The van der Waals surface area contributed by atoms with Crippen molar-refractivity contribution in [1.82, 2.24) is 10.2 Å². The van der Waals surface area contributed by atoms with E-state index in [4.69, 9.17) is 9.15 Å². The van der Waals surface area contributed by atoms with Crippen LogP contribution in [-0.2, 0) is 4.74 Å². The first kappa shape index (κ1) is 11.0. The van der Waals surface area contributed by atoms with Gasteiger partial charge in [0.2, 0.25) is 5.89 Å². The second-order valence-electron chi connectivity index (χ2n) is 3.94. The Bertz CT molecular complexity index is 519. The first-order chi connectivity index (χ1) is 8.83. The van der Waals surface area contributed by atoms with Crippen molar-refractivity contribution in [2.24, 2.45) is 0 Å². The van der Waals surface area contributed by atoms with Crippen LogP contribution in [0.1, 0.15) is 0 Å². The standard InChI is InChI=1S/C11H12N4O3/c16-15-3-1-9(2-4-15)10-12-13-11(18-10)14-5-7-17-8-6-14/h1-4H,5-8H2. The molecule has 0 aliphatic carbocycles. The minimum Gasteiger partial charge on any atom is -0.619 e. The zero-order chi connectivity index (χ0) is 12.4. The molecule has 2 aromatic rings. The van der Waals surface area contributed by atoms with Gasteiger partial charge in [-0.2, -0.15) is 4.73 Å². The van der Waals surface area contributed by atoms with Crippen LogP contribution >= 0.6 is 0 Å². The molecule has 0 unspecified atom stereocenters. The maximum atomic E-state index is 10.9. The lowest BCUT2D eigenvalue weighted by Crippen LogP contribution is -2.36. The molecule has 1 aliphatic heterocycles. The minimum absolute atomic E-state index is 0.414. The second-order valence-corrected chi connectivity index (χ2v) is 3.94. The molecule has 7 heteroatoms. The Kier molecular flexibility index (Phi) is 2.81. The molecule has 0 spiro atoms. The third-order valence-electron chi connectivity index (χ3n) is 2.74. The Labute approximate surface area is 103 Å². The summed E-state index contributed by atoms with van der Waals surface area (Å²) >= 11 is 0. The molecule has 1 aliphatic rings. The molecule has 1 fully saturated rings. The van der Waals surface area contributed by atoms with Gasteiger partial charge in [0.25, 0.3) is 0 Å². The van der Waals surface area contributed by atoms with Gasteiger partial charge in [-0.15, -0.1) is 5.10 Å². The number of anilines is 1. The molecule has 0 radical (unpaired) electrons. The fraction of sp³-hybridized carbons (Fsp3) is 0.364. The number of morpholine rings is 1. The summed E-state index contributed by atoms with van der Waals surface area (Å²) in [5.74, 6) is 0.414.